The van der Waals surface area contributed by atoms with Crippen molar-refractivity contribution in [3.05, 3.63) is 101 Å². The molecule has 0 saturated carbocycles. The summed E-state index contributed by atoms with van der Waals surface area (Å²) in [5, 5.41) is 1.17. The molecule has 1 N–H and O–H groups in total. The van der Waals surface area contributed by atoms with Crippen LogP contribution in [0.2, 0.25) is 0 Å². The van der Waals surface area contributed by atoms with Gasteiger partial charge in [0.05, 0.1) is 7.11 Å². The first-order valence-electron chi connectivity index (χ1n) is 11.8. The molecule has 0 radical (unpaired) electrons. The zero-order chi connectivity index (χ0) is 22.4. The number of piperidine rings is 1. The van der Waals surface area contributed by atoms with E-state index in [4.69, 9.17) is 4.74 Å². The Morgan fingerprint density at radius 1 is 1.06 bits per heavy atom. The Hall–Kier alpha value is -3.11. The lowest BCUT2D eigenvalue weighted by molar-refractivity contribution is 0.0765. The maximum atomic E-state index is 13.9. The highest BCUT2D eigenvalue weighted by molar-refractivity contribution is 5.85. The number of hydrogen-bond donors (Lipinski definition) is 1. The van der Waals surface area contributed by atoms with E-state index in [1.54, 1.807) is 19.2 Å². The highest BCUT2D eigenvalue weighted by Crippen LogP contribution is 2.49. The van der Waals surface area contributed by atoms with Crippen molar-refractivity contribution in [2.24, 2.45) is 5.92 Å². The number of H-pyrrole nitrogens is 1. The summed E-state index contributed by atoms with van der Waals surface area (Å²) in [5.74, 6) is 1.21. The van der Waals surface area contributed by atoms with Gasteiger partial charge in [-0.1, -0.05) is 42.5 Å². The topological polar surface area (TPSA) is 28.3 Å². The Morgan fingerprint density at radius 2 is 1.94 bits per heavy atom. The first kappa shape index (κ1) is 20.5. The number of aromatic nitrogens is 1. The van der Waals surface area contributed by atoms with Gasteiger partial charge in [0.15, 0.2) is 0 Å². The number of methoxy groups -OCH3 is 1. The van der Waals surface area contributed by atoms with E-state index in [-0.39, 0.29) is 11.2 Å². The first-order valence-corrected chi connectivity index (χ1v) is 11.8. The number of ether oxygens (including phenoxy) is 1. The lowest BCUT2D eigenvalue weighted by Crippen LogP contribution is -2.53. The molecular formula is C29H29FN2O. The Kier molecular flexibility index (Phi) is 4.99. The fourth-order valence-electron chi connectivity index (χ4n) is 6.26. The van der Waals surface area contributed by atoms with E-state index in [0.29, 0.717) is 5.92 Å². The fourth-order valence-corrected chi connectivity index (χ4v) is 6.26. The molecule has 33 heavy (non-hydrogen) atoms. The summed E-state index contributed by atoms with van der Waals surface area (Å²) in [7, 11) is 1.74. The van der Waals surface area contributed by atoms with Crippen molar-refractivity contribution in [3.63, 3.8) is 0 Å². The zero-order valence-electron chi connectivity index (χ0n) is 19.0. The molecule has 2 aliphatic rings. The third-order valence-electron chi connectivity index (χ3n) is 7.93. The van der Waals surface area contributed by atoms with Crippen LogP contribution in [0.1, 0.15) is 28.8 Å². The van der Waals surface area contributed by atoms with Gasteiger partial charge >= 0.3 is 0 Å². The van der Waals surface area contributed by atoms with Crippen LogP contribution in [0, 0.1) is 11.7 Å². The zero-order valence-corrected chi connectivity index (χ0v) is 19.0. The fraction of sp³-hybridized carbons (Fsp3) is 0.310. The number of rotatable bonds is 4. The number of nitrogens with zero attached hydrogens (tertiary/aromatic N) is 1. The van der Waals surface area contributed by atoms with E-state index < -0.39 is 0 Å². The van der Waals surface area contributed by atoms with Crippen LogP contribution in [-0.2, 0) is 24.8 Å². The van der Waals surface area contributed by atoms with Gasteiger partial charge in [-0.25, -0.2) is 4.39 Å². The maximum absolute atomic E-state index is 13.9. The molecule has 4 aromatic rings. The van der Waals surface area contributed by atoms with Crippen LogP contribution < -0.4 is 4.74 Å². The third kappa shape index (κ3) is 3.53. The third-order valence-corrected chi connectivity index (χ3v) is 7.93. The normalized spacial score (nSPS) is 22.7. The van der Waals surface area contributed by atoms with Crippen LogP contribution in [0.25, 0.3) is 10.9 Å². The molecule has 1 aliphatic carbocycles. The molecule has 1 aromatic heterocycles. The van der Waals surface area contributed by atoms with Crippen molar-refractivity contribution >= 4 is 10.9 Å². The molecule has 1 saturated heterocycles. The molecule has 1 fully saturated rings. The van der Waals surface area contributed by atoms with Gasteiger partial charge in [0.25, 0.3) is 0 Å². The van der Waals surface area contributed by atoms with Gasteiger partial charge in [-0.05, 0) is 78.7 Å². The van der Waals surface area contributed by atoms with Crippen molar-refractivity contribution in [1.29, 1.82) is 0 Å². The maximum Gasteiger partial charge on any atom is 0.125 e. The van der Waals surface area contributed by atoms with Crippen LogP contribution in [0.5, 0.6) is 5.75 Å². The number of fused-ring (bicyclic) bond motifs is 4. The lowest BCUT2D eigenvalue weighted by Gasteiger charge is -2.51. The Bertz CT molecular complexity index is 1300. The molecule has 0 bridgehead atoms. The summed E-state index contributed by atoms with van der Waals surface area (Å²) in [6.07, 6.45) is 3.06. The molecule has 0 amide bonds. The van der Waals surface area contributed by atoms with Crippen molar-refractivity contribution in [2.75, 3.05) is 20.2 Å². The SMILES string of the molecule is COc1cccc(C23CCN(Cc4ccccc4)CC2Cc2c([nH]c4cc(F)ccc24)C3)c1. The Balaban J connectivity index is 1.41. The van der Waals surface area contributed by atoms with E-state index in [1.165, 1.54) is 27.8 Å². The summed E-state index contributed by atoms with van der Waals surface area (Å²) < 4.78 is 19.5. The van der Waals surface area contributed by atoms with Gasteiger partial charge in [-0.3, -0.25) is 4.90 Å². The molecular weight excluding hydrogens is 411 g/mol. The molecule has 0 spiro atoms. The standard InChI is InChI=1S/C29H29FN2O/c1-33-24-9-5-8-21(14-24)29-12-13-32(18-20-6-3-2-4-7-20)19-22(29)15-26-25-11-10-23(30)16-27(25)31-28(26)17-29/h2-11,14,16,22,31H,12-13,15,17-19H2,1H3. The van der Waals surface area contributed by atoms with Crippen molar-refractivity contribution in [3.8, 4) is 5.75 Å². The van der Waals surface area contributed by atoms with Crippen LogP contribution in [-0.4, -0.2) is 30.1 Å². The minimum Gasteiger partial charge on any atom is -0.497 e. The number of nitrogens with one attached hydrogen (secondary N) is 1. The second-order valence-corrected chi connectivity index (χ2v) is 9.71. The van der Waals surface area contributed by atoms with Gasteiger partial charge in [0, 0.05) is 35.1 Å². The number of aromatic amines is 1. The number of halogens is 1. The largest absolute Gasteiger partial charge is 0.497 e. The summed E-state index contributed by atoms with van der Waals surface area (Å²) >= 11 is 0. The number of hydrogen-bond acceptors (Lipinski definition) is 2. The Morgan fingerprint density at radius 3 is 2.79 bits per heavy atom. The van der Waals surface area contributed by atoms with Gasteiger partial charge in [-0.15, -0.1) is 0 Å². The number of likely N-dealkylation sites (tertiary alicyclic amines) is 1. The van der Waals surface area contributed by atoms with E-state index in [9.17, 15) is 4.39 Å². The van der Waals surface area contributed by atoms with Gasteiger partial charge in [0.1, 0.15) is 11.6 Å². The molecule has 3 aromatic carbocycles. The molecule has 2 atom stereocenters. The highest BCUT2D eigenvalue weighted by Gasteiger charge is 2.48. The molecule has 6 rings (SSSR count). The van der Waals surface area contributed by atoms with E-state index in [0.717, 1.165) is 50.2 Å². The van der Waals surface area contributed by atoms with Crippen molar-refractivity contribution in [1.82, 2.24) is 9.88 Å². The summed E-state index contributed by atoms with van der Waals surface area (Å²) in [5.41, 5.74) is 6.34. The summed E-state index contributed by atoms with van der Waals surface area (Å²) in [4.78, 5) is 6.19. The van der Waals surface area contributed by atoms with Crippen LogP contribution in [0.3, 0.4) is 0 Å². The van der Waals surface area contributed by atoms with Gasteiger partial charge in [0.2, 0.25) is 0 Å². The Labute approximate surface area is 194 Å². The summed E-state index contributed by atoms with van der Waals surface area (Å²) in [6, 6.07) is 24.6. The van der Waals surface area contributed by atoms with Crippen LogP contribution in [0.15, 0.2) is 72.8 Å². The highest BCUT2D eigenvalue weighted by atomic mass is 19.1. The molecule has 2 unspecified atom stereocenters. The molecule has 2 heterocycles. The molecule has 3 nitrogen and oxygen atoms in total. The minimum absolute atomic E-state index is 0.0498. The predicted molar refractivity (Wildman–Crippen MR) is 130 cm³/mol. The smallest absolute Gasteiger partial charge is 0.125 e. The predicted octanol–water partition coefficient (Wildman–Crippen LogP) is 5.87. The van der Waals surface area contributed by atoms with Crippen LogP contribution >= 0.6 is 0 Å². The average molecular weight is 441 g/mol. The van der Waals surface area contributed by atoms with E-state index in [1.807, 2.05) is 12.1 Å². The molecule has 1 aliphatic heterocycles. The number of benzene rings is 3. The molecule has 168 valence electrons. The minimum atomic E-state index is -0.185. The summed E-state index contributed by atoms with van der Waals surface area (Å²) in [6.45, 7) is 3.10. The van der Waals surface area contributed by atoms with Gasteiger partial charge in [-0.2, -0.15) is 0 Å². The quantitative estimate of drug-likeness (QED) is 0.430. The molecule has 4 heteroatoms. The first-order chi connectivity index (χ1) is 16.1. The van der Waals surface area contributed by atoms with E-state index >= 15 is 0 Å². The lowest BCUT2D eigenvalue weighted by atomic mass is 9.58. The monoisotopic (exact) mass is 440 g/mol. The van der Waals surface area contributed by atoms with Crippen LogP contribution in [0.4, 0.5) is 4.39 Å². The van der Waals surface area contributed by atoms with Gasteiger partial charge < -0.3 is 9.72 Å². The van der Waals surface area contributed by atoms with Crippen molar-refractivity contribution < 1.29 is 9.13 Å². The second-order valence-electron chi connectivity index (χ2n) is 9.71. The average Bonchev–Trinajstić information content (AvgIpc) is 3.19. The van der Waals surface area contributed by atoms with E-state index in [2.05, 4.69) is 58.4 Å². The second kappa shape index (κ2) is 8.03. The van der Waals surface area contributed by atoms with Crippen molar-refractivity contribution in [2.45, 2.75) is 31.2 Å².